The van der Waals surface area contributed by atoms with Crippen LogP contribution in [0.15, 0.2) is 18.2 Å². The lowest BCUT2D eigenvalue weighted by atomic mass is 10.0. The van der Waals surface area contributed by atoms with Gasteiger partial charge in [0.05, 0.1) is 11.1 Å². The smallest absolute Gasteiger partial charge is 0.138 e. The monoisotopic (exact) mass is 257 g/mol. The summed E-state index contributed by atoms with van der Waals surface area (Å²) in [6.45, 7) is 4.08. The maximum absolute atomic E-state index is 8.97. The molecule has 96 valence electrons. The van der Waals surface area contributed by atoms with Gasteiger partial charge in [-0.15, -0.1) is 0 Å². The van der Waals surface area contributed by atoms with Crippen molar-refractivity contribution in [3.63, 3.8) is 0 Å². The van der Waals surface area contributed by atoms with Crippen LogP contribution in [0.1, 0.15) is 31.9 Å². The van der Waals surface area contributed by atoms with Crippen molar-refractivity contribution in [3.8, 4) is 5.75 Å². The normalized spacial score (nSPS) is 12.8. The van der Waals surface area contributed by atoms with Crippen LogP contribution in [0.25, 0.3) is 0 Å². The van der Waals surface area contributed by atoms with Crippen LogP contribution in [0.2, 0.25) is 5.02 Å². The second-order valence-corrected chi connectivity index (χ2v) is 4.62. The predicted octanol–water partition coefficient (Wildman–Crippen LogP) is 2.77. The summed E-state index contributed by atoms with van der Waals surface area (Å²) in [7, 11) is 1.87. The van der Waals surface area contributed by atoms with E-state index in [1.807, 2.05) is 39.1 Å². The van der Waals surface area contributed by atoms with Gasteiger partial charge in [0, 0.05) is 12.6 Å². The lowest BCUT2D eigenvalue weighted by Crippen LogP contribution is -2.17. The Morgan fingerprint density at radius 1 is 1.41 bits per heavy atom. The molecule has 3 nitrogen and oxygen atoms in total. The molecule has 0 spiro atoms. The second kappa shape index (κ2) is 6.84. The van der Waals surface area contributed by atoms with Crippen LogP contribution in [0.4, 0.5) is 0 Å². The molecule has 1 aromatic rings. The summed E-state index contributed by atoms with van der Waals surface area (Å²) in [5.74, 6) is 0.698. The van der Waals surface area contributed by atoms with E-state index < -0.39 is 0 Å². The Balaban J connectivity index is 2.86. The van der Waals surface area contributed by atoms with Crippen LogP contribution in [0, 0.1) is 0 Å². The van der Waals surface area contributed by atoms with Gasteiger partial charge in [0.25, 0.3) is 0 Å². The van der Waals surface area contributed by atoms with Crippen molar-refractivity contribution in [3.05, 3.63) is 28.8 Å². The number of hydrogen-bond acceptors (Lipinski definition) is 3. The summed E-state index contributed by atoms with van der Waals surface area (Å²) in [6.07, 6.45) is 0.771. The van der Waals surface area contributed by atoms with E-state index in [1.165, 1.54) is 0 Å². The Kier molecular flexibility index (Phi) is 5.75. The lowest BCUT2D eigenvalue weighted by Gasteiger charge is -2.17. The Morgan fingerprint density at radius 3 is 2.59 bits per heavy atom. The molecule has 0 heterocycles. The molecule has 0 aliphatic heterocycles. The zero-order valence-corrected chi connectivity index (χ0v) is 11.3. The molecule has 0 aliphatic carbocycles. The number of rotatable bonds is 6. The molecule has 0 amide bonds. The van der Waals surface area contributed by atoms with Gasteiger partial charge in [0.1, 0.15) is 5.75 Å². The highest BCUT2D eigenvalue weighted by molar-refractivity contribution is 6.32. The summed E-state index contributed by atoms with van der Waals surface area (Å²) >= 11 is 6.16. The average molecular weight is 258 g/mol. The van der Waals surface area contributed by atoms with Crippen LogP contribution in [-0.2, 0) is 0 Å². The summed E-state index contributed by atoms with van der Waals surface area (Å²) in [5.41, 5.74) is 1.06. The molecule has 1 atom stereocenters. The highest BCUT2D eigenvalue weighted by Gasteiger charge is 2.11. The maximum atomic E-state index is 8.97. The molecule has 0 radical (unpaired) electrons. The Labute approximate surface area is 108 Å². The third-order valence-electron chi connectivity index (χ3n) is 2.49. The first-order chi connectivity index (χ1) is 8.08. The number of nitrogens with one attached hydrogen (secondary N) is 1. The molecule has 0 bridgehead atoms. The molecule has 1 rings (SSSR count). The molecule has 4 heteroatoms. The van der Waals surface area contributed by atoms with E-state index in [1.54, 1.807) is 0 Å². The highest BCUT2D eigenvalue weighted by atomic mass is 35.5. The van der Waals surface area contributed by atoms with E-state index >= 15 is 0 Å². The van der Waals surface area contributed by atoms with Crippen LogP contribution in [0.5, 0.6) is 5.75 Å². The molecule has 1 aromatic carbocycles. The topological polar surface area (TPSA) is 41.5 Å². The van der Waals surface area contributed by atoms with Crippen LogP contribution in [-0.4, -0.2) is 24.9 Å². The zero-order valence-electron chi connectivity index (χ0n) is 10.5. The van der Waals surface area contributed by atoms with Crippen molar-refractivity contribution in [2.45, 2.75) is 32.4 Å². The Hall–Kier alpha value is -0.770. The quantitative estimate of drug-likeness (QED) is 0.824. The summed E-state index contributed by atoms with van der Waals surface area (Å²) in [5, 5.41) is 12.7. The van der Waals surface area contributed by atoms with Crippen LogP contribution < -0.4 is 10.1 Å². The molecule has 17 heavy (non-hydrogen) atoms. The van der Waals surface area contributed by atoms with Gasteiger partial charge in [-0.05, 0) is 45.0 Å². The minimum atomic E-state index is 0.107. The fourth-order valence-corrected chi connectivity index (χ4v) is 1.92. The molecule has 0 fully saturated rings. The van der Waals surface area contributed by atoms with Gasteiger partial charge >= 0.3 is 0 Å². The third-order valence-corrected chi connectivity index (χ3v) is 2.78. The number of hydrogen-bond donors (Lipinski definition) is 2. The van der Waals surface area contributed by atoms with E-state index in [9.17, 15) is 0 Å². The molecule has 1 unspecified atom stereocenters. The maximum Gasteiger partial charge on any atom is 0.138 e. The third kappa shape index (κ3) is 4.19. The van der Waals surface area contributed by atoms with E-state index in [0.717, 1.165) is 5.56 Å². The van der Waals surface area contributed by atoms with E-state index in [2.05, 4.69) is 5.32 Å². The van der Waals surface area contributed by atoms with Gasteiger partial charge in [-0.1, -0.05) is 17.7 Å². The molecule has 2 N–H and O–H groups in total. The highest BCUT2D eigenvalue weighted by Crippen LogP contribution is 2.29. The van der Waals surface area contributed by atoms with Crippen LogP contribution in [0.3, 0.4) is 0 Å². The van der Waals surface area contributed by atoms with Crippen molar-refractivity contribution in [2.75, 3.05) is 13.7 Å². The SMILES string of the molecule is CNC(CCO)c1ccc(OC(C)C)c(Cl)c1. The molecule has 0 aliphatic rings. The molecular weight excluding hydrogens is 238 g/mol. The first-order valence-electron chi connectivity index (χ1n) is 5.82. The van der Waals surface area contributed by atoms with Gasteiger partial charge < -0.3 is 15.2 Å². The molecular formula is C13H20ClNO2. The Morgan fingerprint density at radius 2 is 2.12 bits per heavy atom. The molecule has 0 aromatic heterocycles. The predicted molar refractivity (Wildman–Crippen MR) is 70.7 cm³/mol. The van der Waals surface area contributed by atoms with Crippen molar-refractivity contribution in [2.24, 2.45) is 0 Å². The average Bonchev–Trinajstić information content (AvgIpc) is 2.28. The second-order valence-electron chi connectivity index (χ2n) is 4.21. The first-order valence-corrected chi connectivity index (χ1v) is 6.20. The minimum Gasteiger partial charge on any atom is -0.489 e. The van der Waals surface area contributed by atoms with Crippen molar-refractivity contribution < 1.29 is 9.84 Å². The standard InChI is InChI=1S/C13H20ClNO2/c1-9(2)17-13-5-4-10(8-11(13)14)12(15-3)6-7-16/h4-5,8-9,12,15-16H,6-7H2,1-3H3. The number of aliphatic hydroxyl groups excluding tert-OH is 1. The van der Waals surface area contributed by atoms with Gasteiger partial charge in [0.15, 0.2) is 0 Å². The summed E-state index contributed by atoms with van der Waals surface area (Å²) in [6, 6.07) is 5.85. The number of halogens is 1. The van der Waals surface area contributed by atoms with Gasteiger partial charge in [-0.2, -0.15) is 0 Å². The van der Waals surface area contributed by atoms with Gasteiger partial charge in [0.2, 0.25) is 0 Å². The fraction of sp³-hybridized carbons (Fsp3) is 0.538. The van der Waals surface area contributed by atoms with E-state index in [-0.39, 0.29) is 18.8 Å². The lowest BCUT2D eigenvalue weighted by molar-refractivity contribution is 0.242. The Bertz CT molecular complexity index is 355. The van der Waals surface area contributed by atoms with E-state index in [4.69, 9.17) is 21.4 Å². The molecule has 0 saturated carbocycles. The largest absolute Gasteiger partial charge is 0.489 e. The number of ether oxygens (including phenoxy) is 1. The fourth-order valence-electron chi connectivity index (χ4n) is 1.69. The van der Waals surface area contributed by atoms with Crippen molar-refractivity contribution >= 4 is 11.6 Å². The summed E-state index contributed by atoms with van der Waals surface area (Å²) < 4.78 is 5.57. The zero-order chi connectivity index (χ0) is 12.8. The first kappa shape index (κ1) is 14.3. The minimum absolute atomic E-state index is 0.107. The molecule has 0 saturated heterocycles. The summed E-state index contributed by atoms with van der Waals surface area (Å²) in [4.78, 5) is 0. The van der Waals surface area contributed by atoms with Crippen molar-refractivity contribution in [1.29, 1.82) is 0 Å². The van der Waals surface area contributed by atoms with Gasteiger partial charge in [-0.25, -0.2) is 0 Å². The van der Waals surface area contributed by atoms with Gasteiger partial charge in [-0.3, -0.25) is 0 Å². The van der Waals surface area contributed by atoms with Crippen molar-refractivity contribution in [1.82, 2.24) is 5.32 Å². The number of benzene rings is 1. The van der Waals surface area contributed by atoms with Crippen LogP contribution >= 0.6 is 11.6 Å². The van der Waals surface area contributed by atoms with E-state index in [0.29, 0.717) is 17.2 Å². The number of aliphatic hydroxyl groups is 1.